The lowest BCUT2D eigenvalue weighted by molar-refractivity contribution is 0.0696. The lowest BCUT2D eigenvalue weighted by Gasteiger charge is -2.33. The molecule has 1 aromatic carbocycles. The molecule has 0 saturated carbocycles. The third kappa shape index (κ3) is 5.66. The molecule has 0 spiro atoms. The molecule has 1 saturated heterocycles. The van der Waals surface area contributed by atoms with Crippen molar-refractivity contribution < 1.29 is 31.9 Å². The Morgan fingerprint density at radius 2 is 1.79 bits per heavy atom. The Balaban J connectivity index is 1.64. The van der Waals surface area contributed by atoms with Crippen LogP contribution in [0, 0.1) is 5.92 Å². The van der Waals surface area contributed by atoms with E-state index >= 15 is 0 Å². The number of sulfonamides is 1. The third-order valence-electron chi connectivity index (χ3n) is 5.31. The molecule has 1 aromatic heterocycles. The molecule has 2 aromatic rings. The van der Waals surface area contributed by atoms with E-state index in [4.69, 9.17) is 19.6 Å². The zero-order valence-electron chi connectivity index (χ0n) is 18.9. The van der Waals surface area contributed by atoms with Gasteiger partial charge in [-0.1, -0.05) is 13.8 Å². The fourth-order valence-electron chi connectivity index (χ4n) is 3.36. The number of furan rings is 1. The van der Waals surface area contributed by atoms with Gasteiger partial charge in [-0.15, -0.1) is 0 Å². The van der Waals surface area contributed by atoms with Crippen molar-refractivity contribution in [1.82, 2.24) is 9.21 Å². The van der Waals surface area contributed by atoms with Gasteiger partial charge in [0.15, 0.2) is 17.3 Å². The Kier molecular flexibility index (Phi) is 7.65. The van der Waals surface area contributed by atoms with Gasteiger partial charge in [0.2, 0.25) is 5.09 Å². The number of nitrogens with zero attached hydrogens (tertiary/aromatic N) is 2. The van der Waals surface area contributed by atoms with Crippen LogP contribution in [0.25, 0.3) is 0 Å². The number of primary amides is 1. The van der Waals surface area contributed by atoms with E-state index < -0.39 is 15.9 Å². The molecule has 2 heterocycles. The summed E-state index contributed by atoms with van der Waals surface area (Å²) >= 11 is 0. The first kappa shape index (κ1) is 24.6. The number of hydrogen-bond acceptors (Lipinski definition) is 7. The van der Waals surface area contributed by atoms with Crippen LogP contribution in [0.15, 0.2) is 39.8 Å². The molecule has 2 amide bonds. The van der Waals surface area contributed by atoms with Crippen molar-refractivity contribution in [1.29, 1.82) is 0 Å². The first-order chi connectivity index (χ1) is 15.6. The fourth-order valence-corrected chi connectivity index (χ4v) is 4.69. The van der Waals surface area contributed by atoms with Gasteiger partial charge in [-0.3, -0.25) is 9.59 Å². The summed E-state index contributed by atoms with van der Waals surface area (Å²) in [6.07, 6.45) is 0.902. The first-order valence-electron chi connectivity index (χ1n) is 10.6. The van der Waals surface area contributed by atoms with Crippen molar-refractivity contribution in [3.05, 3.63) is 41.7 Å². The Morgan fingerprint density at radius 1 is 1.09 bits per heavy atom. The van der Waals surface area contributed by atoms with Crippen molar-refractivity contribution in [3.8, 4) is 11.5 Å². The summed E-state index contributed by atoms with van der Waals surface area (Å²) in [6.45, 7) is 5.37. The second kappa shape index (κ2) is 10.3. The van der Waals surface area contributed by atoms with Gasteiger partial charge in [0.1, 0.15) is 0 Å². The quantitative estimate of drug-likeness (QED) is 0.581. The summed E-state index contributed by atoms with van der Waals surface area (Å²) in [5.74, 6) is 0.241. The highest BCUT2D eigenvalue weighted by atomic mass is 32.2. The van der Waals surface area contributed by atoms with Crippen LogP contribution >= 0.6 is 0 Å². The number of carbonyl (C=O) groups is 2. The topological polar surface area (TPSA) is 132 Å². The standard InChI is InChI=1S/C22H29N3O7S/c1-15(2)8-13-31-17-5-4-16(14-19(17)30-3)22(27)24-9-11-25(12-10-24)33(28,29)20-7-6-18(32-20)21(23)26/h4-7,14-15H,8-13H2,1-3H3,(H2,23,26). The van der Waals surface area contributed by atoms with Crippen LogP contribution in [0.5, 0.6) is 11.5 Å². The normalized spacial score (nSPS) is 15.0. The number of amides is 2. The van der Waals surface area contributed by atoms with Crippen molar-refractivity contribution >= 4 is 21.8 Å². The lowest BCUT2D eigenvalue weighted by atomic mass is 10.1. The second-order valence-electron chi connectivity index (χ2n) is 8.08. The smallest absolute Gasteiger partial charge is 0.284 e. The second-order valence-corrected chi connectivity index (χ2v) is 9.94. The highest BCUT2D eigenvalue weighted by molar-refractivity contribution is 7.89. The number of rotatable bonds is 9. The number of carbonyl (C=O) groups excluding carboxylic acids is 2. The van der Waals surface area contributed by atoms with Gasteiger partial charge in [0.25, 0.3) is 21.8 Å². The van der Waals surface area contributed by atoms with Crippen LogP contribution in [0.2, 0.25) is 0 Å². The van der Waals surface area contributed by atoms with Gasteiger partial charge in [0, 0.05) is 31.7 Å². The molecule has 2 N–H and O–H groups in total. The Bertz CT molecular complexity index is 1100. The van der Waals surface area contributed by atoms with E-state index in [1.807, 2.05) is 0 Å². The van der Waals surface area contributed by atoms with Gasteiger partial charge in [-0.05, 0) is 42.7 Å². The molecule has 0 atom stereocenters. The minimum Gasteiger partial charge on any atom is -0.493 e. The molecule has 0 bridgehead atoms. The van der Waals surface area contributed by atoms with E-state index in [1.54, 1.807) is 23.1 Å². The first-order valence-corrected chi connectivity index (χ1v) is 12.1. The minimum absolute atomic E-state index is 0.0915. The van der Waals surface area contributed by atoms with Crippen molar-refractivity contribution in [2.45, 2.75) is 25.4 Å². The molecular weight excluding hydrogens is 450 g/mol. The van der Waals surface area contributed by atoms with E-state index in [1.165, 1.54) is 23.5 Å². The fraction of sp³-hybridized carbons (Fsp3) is 0.455. The summed E-state index contributed by atoms with van der Waals surface area (Å²) in [4.78, 5) is 25.7. The van der Waals surface area contributed by atoms with Gasteiger partial charge < -0.3 is 24.5 Å². The molecular formula is C22H29N3O7S. The average Bonchev–Trinajstić information content (AvgIpc) is 3.30. The zero-order chi connectivity index (χ0) is 24.2. The minimum atomic E-state index is -3.94. The number of benzene rings is 1. The summed E-state index contributed by atoms with van der Waals surface area (Å²) in [6, 6.07) is 7.43. The third-order valence-corrected chi connectivity index (χ3v) is 7.08. The van der Waals surface area contributed by atoms with E-state index in [2.05, 4.69) is 13.8 Å². The number of ether oxygens (including phenoxy) is 2. The van der Waals surface area contributed by atoms with Crippen LogP contribution in [0.1, 0.15) is 41.2 Å². The maximum atomic E-state index is 13.0. The van der Waals surface area contributed by atoms with Crippen LogP contribution in [-0.2, 0) is 10.0 Å². The lowest BCUT2D eigenvalue weighted by Crippen LogP contribution is -2.50. The van der Waals surface area contributed by atoms with Gasteiger partial charge in [-0.25, -0.2) is 8.42 Å². The Labute approximate surface area is 193 Å². The maximum absolute atomic E-state index is 13.0. The SMILES string of the molecule is COc1cc(C(=O)N2CCN(S(=O)(=O)c3ccc(C(N)=O)o3)CC2)ccc1OCCC(C)C. The maximum Gasteiger partial charge on any atom is 0.284 e. The molecule has 1 aliphatic heterocycles. The van der Waals surface area contributed by atoms with Crippen molar-refractivity contribution in [2.75, 3.05) is 39.9 Å². The molecule has 0 unspecified atom stereocenters. The molecule has 3 rings (SSSR count). The van der Waals surface area contributed by atoms with E-state index in [-0.39, 0.29) is 42.9 Å². The summed E-state index contributed by atoms with van der Waals surface area (Å²) < 4.78 is 43.0. The van der Waals surface area contributed by atoms with Crippen molar-refractivity contribution in [2.24, 2.45) is 11.7 Å². The van der Waals surface area contributed by atoms with E-state index in [0.717, 1.165) is 6.42 Å². The molecule has 0 radical (unpaired) electrons. The molecule has 10 nitrogen and oxygen atoms in total. The molecule has 11 heteroatoms. The average molecular weight is 480 g/mol. The monoisotopic (exact) mass is 479 g/mol. The van der Waals surface area contributed by atoms with Crippen LogP contribution < -0.4 is 15.2 Å². The van der Waals surface area contributed by atoms with Crippen LogP contribution in [0.3, 0.4) is 0 Å². The largest absolute Gasteiger partial charge is 0.493 e. The van der Waals surface area contributed by atoms with Gasteiger partial charge >= 0.3 is 0 Å². The highest BCUT2D eigenvalue weighted by Gasteiger charge is 2.33. The summed E-state index contributed by atoms with van der Waals surface area (Å²) in [5.41, 5.74) is 5.55. The Morgan fingerprint density at radius 3 is 2.36 bits per heavy atom. The summed E-state index contributed by atoms with van der Waals surface area (Å²) in [7, 11) is -2.42. The van der Waals surface area contributed by atoms with Gasteiger partial charge in [-0.2, -0.15) is 4.31 Å². The molecule has 33 heavy (non-hydrogen) atoms. The molecule has 180 valence electrons. The van der Waals surface area contributed by atoms with E-state index in [0.29, 0.717) is 29.6 Å². The number of piperazine rings is 1. The van der Waals surface area contributed by atoms with Gasteiger partial charge in [0.05, 0.1) is 13.7 Å². The number of nitrogens with two attached hydrogens (primary N) is 1. The van der Waals surface area contributed by atoms with Crippen LogP contribution in [-0.4, -0.2) is 69.3 Å². The molecule has 1 fully saturated rings. The highest BCUT2D eigenvalue weighted by Crippen LogP contribution is 2.29. The predicted molar refractivity (Wildman–Crippen MR) is 120 cm³/mol. The van der Waals surface area contributed by atoms with E-state index in [9.17, 15) is 18.0 Å². The predicted octanol–water partition coefficient (Wildman–Crippen LogP) is 1.96. The van der Waals surface area contributed by atoms with Crippen LogP contribution in [0.4, 0.5) is 0 Å². The molecule has 0 aliphatic carbocycles. The summed E-state index contributed by atoms with van der Waals surface area (Å²) in [5, 5.41) is -0.353. The number of hydrogen-bond donors (Lipinski definition) is 1. The Hall–Kier alpha value is -3.05. The molecule has 1 aliphatic rings. The zero-order valence-corrected chi connectivity index (χ0v) is 19.8. The number of methoxy groups -OCH3 is 1. The van der Waals surface area contributed by atoms with Crippen molar-refractivity contribution in [3.63, 3.8) is 0 Å².